The van der Waals surface area contributed by atoms with Gasteiger partial charge in [0.25, 0.3) is 0 Å². The van der Waals surface area contributed by atoms with Crippen molar-refractivity contribution >= 4 is 21.9 Å². The van der Waals surface area contributed by atoms with E-state index in [1.165, 1.54) is 0 Å². The monoisotopic (exact) mass is 638 g/mol. The molecule has 0 saturated heterocycles. The number of furan rings is 1. The lowest BCUT2D eigenvalue weighted by Crippen LogP contribution is -2.00. The number of hydrogen-bond donors (Lipinski definition) is 0. The molecule has 9 aromatic rings. The normalized spacial score (nSPS) is 14.4. The molecular weight excluding hydrogens is 599 g/mol. The van der Waals surface area contributed by atoms with Gasteiger partial charge in [-0.15, -0.1) is 0 Å². The molecule has 2 heterocycles. The summed E-state index contributed by atoms with van der Waals surface area (Å²) < 4.78 is 103. The first-order chi connectivity index (χ1) is 28.8. The van der Waals surface area contributed by atoms with E-state index in [0.717, 1.165) is 22.3 Å². The highest BCUT2D eigenvalue weighted by Gasteiger charge is 2.17. The number of aromatic nitrogens is 3. The summed E-state index contributed by atoms with van der Waals surface area (Å²) in [7, 11) is 0. The van der Waals surface area contributed by atoms with Crippen molar-refractivity contribution < 1.29 is 19.5 Å². The largest absolute Gasteiger partial charge is 0.455 e. The molecule has 9 rings (SSSR count). The van der Waals surface area contributed by atoms with Crippen LogP contribution in [-0.2, 0) is 0 Å². The van der Waals surface area contributed by atoms with Crippen LogP contribution >= 0.6 is 0 Å². The number of fused-ring (bicyclic) bond motifs is 3. The van der Waals surface area contributed by atoms with E-state index < -0.39 is 72.0 Å². The number of benzene rings is 7. The van der Waals surface area contributed by atoms with Crippen LogP contribution in [0.1, 0.15) is 15.1 Å². The van der Waals surface area contributed by atoms with Gasteiger partial charge in [0.1, 0.15) is 11.2 Å². The zero-order valence-electron chi connectivity index (χ0n) is 36.6. The summed E-state index contributed by atoms with van der Waals surface area (Å²) in [6, 6.07) is 28.1. The topological polar surface area (TPSA) is 51.8 Å². The van der Waals surface area contributed by atoms with Gasteiger partial charge in [-0.2, -0.15) is 0 Å². The lowest BCUT2D eigenvalue weighted by atomic mass is 10.0. The fourth-order valence-corrected chi connectivity index (χ4v) is 5.74. The maximum atomic E-state index is 9.60. The number of hydrogen-bond acceptors (Lipinski definition) is 4. The van der Waals surface area contributed by atoms with Crippen LogP contribution in [0.4, 0.5) is 0 Å². The Bertz CT molecular complexity index is 3180. The van der Waals surface area contributed by atoms with E-state index in [9.17, 15) is 2.74 Å². The Morgan fingerprint density at radius 3 is 1.73 bits per heavy atom. The van der Waals surface area contributed by atoms with Gasteiger partial charge in [-0.3, -0.25) is 0 Å². The van der Waals surface area contributed by atoms with E-state index >= 15 is 0 Å². The SMILES string of the molecule is [2H]c1c([2H])c([2H])c(-c2c([2H])c([2H])c([2H])c3c2oc2c([2H])c([2H])c(-c4nc(-c5ccc(-c6ccccc6)cc5)nc(-c5cccc(-c6ccccc6)c5)n4)c([2H])c23)c([2H])c1[2H]. The van der Waals surface area contributed by atoms with Gasteiger partial charge in [-0.25, -0.2) is 15.0 Å². The van der Waals surface area contributed by atoms with Crippen LogP contribution in [0, 0.1) is 0 Å². The highest BCUT2D eigenvalue weighted by atomic mass is 16.3. The van der Waals surface area contributed by atoms with E-state index in [-0.39, 0.29) is 50.5 Å². The van der Waals surface area contributed by atoms with Gasteiger partial charge >= 0.3 is 0 Å². The third-order valence-corrected chi connectivity index (χ3v) is 8.15. The van der Waals surface area contributed by atoms with Crippen LogP contribution in [-0.4, -0.2) is 15.0 Å². The maximum Gasteiger partial charge on any atom is 0.164 e. The molecule has 0 N–H and O–H groups in total. The van der Waals surface area contributed by atoms with Crippen molar-refractivity contribution in [1.82, 2.24) is 15.0 Å². The second-order valence-electron chi connectivity index (χ2n) is 11.2. The number of rotatable bonds is 6. The summed E-state index contributed by atoms with van der Waals surface area (Å²) in [4.78, 5) is 14.5. The molecule has 0 fully saturated rings. The predicted molar refractivity (Wildman–Crippen MR) is 200 cm³/mol. The zero-order chi connectivity index (χ0) is 42.1. The smallest absolute Gasteiger partial charge is 0.164 e. The van der Waals surface area contributed by atoms with E-state index in [0.29, 0.717) is 11.1 Å². The molecule has 0 atom stereocenters. The quantitative estimate of drug-likeness (QED) is 0.182. The van der Waals surface area contributed by atoms with Crippen LogP contribution < -0.4 is 0 Å². The van der Waals surface area contributed by atoms with Crippen molar-refractivity contribution in [2.45, 2.75) is 0 Å². The average Bonchev–Trinajstić information content (AvgIpc) is 3.69. The van der Waals surface area contributed by atoms with Gasteiger partial charge in [0.05, 0.1) is 15.1 Å². The second-order valence-corrected chi connectivity index (χ2v) is 11.2. The third kappa shape index (κ3) is 5.45. The van der Waals surface area contributed by atoms with E-state index in [1.54, 1.807) is 0 Å². The van der Waals surface area contributed by atoms with Crippen LogP contribution in [0.15, 0.2) is 180 Å². The van der Waals surface area contributed by atoms with Gasteiger partial charge in [0, 0.05) is 33.0 Å². The average molecular weight is 639 g/mol. The van der Waals surface area contributed by atoms with Crippen molar-refractivity contribution in [2.24, 2.45) is 0 Å². The van der Waals surface area contributed by atoms with Crippen LogP contribution in [0.5, 0.6) is 0 Å². The van der Waals surface area contributed by atoms with Crippen LogP contribution in [0.25, 0.3) is 89.5 Å². The molecule has 4 nitrogen and oxygen atoms in total. The van der Waals surface area contributed by atoms with Crippen molar-refractivity contribution in [3.05, 3.63) is 176 Å². The maximum absolute atomic E-state index is 9.60. The Labute approximate surface area is 299 Å². The second kappa shape index (κ2) is 12.2. The summed E-state index contributed by atoms with van der Waals surface area (Å²) in [6.07, 6.45) is 0. The lowest BCUT2D eigenvalue weighted by Gasteiger charge is -2.10. The number of para-hydroxylation sites is 1. The minimum absolute atomic E-state index is 0.118. The molecule has 0 aliphatic heterocycles. The summed E-state index contributed by atoms with van der Waals surface area (Å²) in [5, 5.41) is -0.357. The molecule has 49 heavy (non-hydrogen) atoms. The highest BCUT2D eigenvalue weighted by molar-refractivity contribution is 6.10. The Kier molecular flexibility index (Phi) is 4.78. The standard InChI is InChI=1S/C45H29N3O/c1-4-12-30(13-5-1)32-22-24-34(25-23-32)43-46-44(36-19-10-18-35(28-36)31-14-6-2-7-15-31)48-45(47-43)37-26-27-41-40(29-37)39-21-11-20-38(42(39)49-41)33-16-8-3-9-17-33/h1-29H/i3D,8D,9D,11D,16D,17D,20D,21D,26D,27D,29D. The van der Waals surface area contributed by atoms with Crippen molar-refractivity contribution in [3.8, 4) is 67.5 Å². The minimum atomic E-state index is -0.681. The van der Waals surface area contributed by atoms with Gasteiger partial charge in [0.15, 0.2) is 17.5 Å². The Morgan fingerprint density at radius 2 is 1.00 bits per heavy atom. The first-order valence-corrected chi connectivity index (χ1v) is 15.5. The van der Waals surface area contributed by atoms with Gasteiger partial charge in [-0.1, -0.05) is 151 Å². The highest BCUT2D eigenvalue weighted by Crippen LogP contribution is 2.38. The van der Waals surface area contributed by atoms with E-state index in [4.69, 9.17) is 31.7 Å². The molecule has 0 radical (unpaired) electrons. The zero-order valence-corrected chi connectivity index (χ0v) is 25.6. The summed E-state index contributed by atoms with van der Waals surface area (Å²) in [5.41, 5.74) is 3.40. The predicted octanol–water partition coefficient (Wildman–Crippen LogP) is 11.8. The summed E-state index contributed by atoms with van der Waals surface area (Å²) >= 11 is 0. The Morgan fingerprint density at radius 1 is 0.408 bits per heavy atom. The van der Waals surface area contributed by atoms with Gasteiger partial charge in [0.2, 0.25) is 0 Å². The molecule has 230 valence electrons. The van der Waals surface area contributed by atoms with Crippen LogP contribution in [0.2, 0.25) is 0 Å². The molecule has 7 aromatic carbocycles. The Balaban J connectivity index is 1.31. The third-order valence-electron chi connectivity index (χ3n) is 8.15. The summed E-state index contributed by atoms with van der Waals surface area (Å²) in [5.74, 6) is 0.325. The molecule has 0 saturated carbocycles. The molecule has 0 aliphatic rings. The molecular formula is C45H29N3O. The summed E-state index contributed by atoms with van der Waals surface area (Å²) in [6.45, 7) is 0. The first-order valence-electron chi connectivity index (χ1n) is 21.0. The molecule has 0 unspecified atom stereocenters. The first kappa shape index (κ1) is 19.2. The molecule has 0 spiro atoms. The molecule has 4 heteroatoms. The molecule has 0 aliphatic carbocycles. The molecule has 0 bridgehead atoms. The van der Waals surface area contributed by atoms with Crippen molar-refractivity contribution in [3.63, 3.8) is 0 Å². The van der Waals surface area contributed by atoms with Crippen LogP contribution in [0.3, 0.4) is 0 Å². The fourth-order valence-electron chi connectivity index (χ4n) is 5.74. The molecule has 0 amide bonds. The van der Waals surface area contributed by atoms with Crippen molar-refractivity contribution in [1.29, 1.82) is 0 Å². The Hall–Kier alpha value is -6.65. The van der Waals surface area contributed by atoms with Gasteiger partial charge in [-0.05, 0) is 52.0 Å². The lowest BCUT2D eigenvalue weighted by molar-refractivity contribution is 0.670. The van der Waals surface area contributed by atoms with E-state index in [2.05, 4.69) is 0 Å². The number of nitrogens with zero attached hydrogens (tertiary/aromatic N) is 3. The van der Waals surface area contributed by atoms with E-state index in [1.807, 2.05) is 109 Å². The van der Waals surface area contributed by atoms with Crippen molar-refractivity contribution in [2.75, 3.05) is 0 Å². The van der Waals surface area contributed by atoms with Gasteiger partial charge < -0.3 is 4.42 Å². The minimum Gasteiger partial charge on any atom is -0.455 e. The fraction of sp³-hybridized carbons (Fsp3) is 0. The molecule has 2 aromatic heterocycles.